The molecule has 0 amide bonds. The summed E-state index contributed by atoms with van der Waals surface area (Å²) in [7, 11) is 0. The van der Waals surface area contributed by atoms with Crippen molar-refractivity contribution in [3.05, 3.63) is 71.3 Å². The Bertz CT molecular complexity index is 491. The quantitative estimate of drug-likeness (QED) is 0.866. The fraction of sp³-hybridized carbons (Fsp3) is 0.200. The lowest BCUT2D eigenvalue weighted by atomic mass is 10.1. The van der Waals surface area contributed by atoms with Gasteiger partial charge in [-0.05, 0) is 42.3 Å². The number of nitrogens with one attached hydrogen (secondary N) is 1. The van der Waals surface area contributed by atoms with Crippen LogP contribution in [-0.2, 0) is 6.54 Å². The molecule has 0 saturated carbocycles. The van der Waals surface area contributed by atoms with Crippen molar-refractivity contribution in [3.63, 3.8) is 0 Å². The minimum absolute atomic E-state index is 0.121. The van der Waals surface area contributed by atoms with E-state index in [9.17, 15) is 8.78 Å². The van der Waals surface area contributed by atoms with Crippen LogP contribution in [0, 0.1) is 11.6 Å². The molecular weight excluding hydrogens is 232 g/mol. The fourth-order valence-electron chi connectivity index (χ4n) is 1.74. The first-order valence-electron chi connectivity index (χ1n) is 5.88. The average Bonchev–Trinajstić information content (AvgIpc) is 2.38. The van der Waals surface area contributed by atoms with Crippen LogP contribution < -0.4 is 5.32 Å². The van der Waals surface area contributed by atoms with Gasteiger partial charge < -0.3 is 5.32 Å². The fourth-order valence-corrected chi connectivity index (χ4v) is 1.74. The van der Waals surface area contributed by atoms with E-state index >= 15 is 0 Å². The Labute approximate surface area is 105 Å². The summed E-state index contributed by atoms with van der Waals surface area (Å²) in [5.41, 5.74) is 2.05. The highest BCUT2D eigenvalue weighted by Gasteiger charge is 2.04. The van der Waals surface area contributed by atoms with Gasteiger partial charge >= 0.3 is 0 Å². The van der Waals surface area contributed by atoms with Crippen molar-refractivity contribution in [2.24, 2.45) is 0 Å². The third kappa shape index (κ3) is 3.37. The van der Waals surface area contributed by atoms with Crippen LogP contribution in [0.25, 0.3) is 0 Å². The molecule has 0 spiro atoms. The van der Waals surface area contributed by atoms with Crippen LogP contribution in [0.1, 0.15) is 24.1 Å². The van der Waals surface area contributed by atoms with Crippen LogP contribution in [0.4, 0.5) is 8.78 Å². The Hall–Kier alpha value is -1.74. The average molecular weight is 247 g/mol. The molecule has 0 aliphatic carbocycles. The second-order valence-electron chi connectivity index (χ2n) is 4.28. The van der Waals surface area contributed by atoms with Crippen LogP contribution in [0.2, 0.25) is 0 Å². The predicted octanol–water partition coefficient (Wildman–Crippen LogP) is 3.82. The van der Waals surface area contributed by atoms with Crippen molar-refractivity contribution in [2.45, 2.75) is 19.5 Å². The maximum Gasteiger partial charge on any atom is 0.123 e. The van der Waals surface area contributed by atoms with E-state index in [2.05, 4.69) is 5.32 Å². The monoisotopic (exact) mass is 247 g/mol. The van der Waals surface area contributed by atoms with Crippen LogP contribution in [0.15, 0.2) is 48.5 Å². The summed E-state index contributed by atoms with van der Waals surface area (Å²) in [5.74, 6) is -0.463. The molecule has 18 heavy (non-hydrogen) atoms. The van der Waals surface area contributed by atoms with E-state index in [1.165, 1.54) is 24.3 Å². The molecule has 0 aromatic heterocycles. The Morgan fingerprint density at radius 1 is 0.889 bits per heavy atom. The van der Waals surface area contributed by atoms with Gasteiger partial charge in [0.2, 0.25) is 0 Å². The lowest BCUT2D eigenvalue weighted by molar-refractivity contribution is 0.569. The Morgan fingerprint density at radius 2 is 1.39 bits per heavy atom. The first-order valence-corrected chi connectivity index (χ1v) is 5.88. The first-order chi connectivity index (χ1) is 8.65. The highest BCUT2D eigenvalue weighted by atomic mass is 19.1. The number of hydrogen-bond acceptors (Lipinski definition) is 1. The van der Waals surface area contributed by atoms with E-state index in [0.717, 1.165) is 11.1 Å². The minimum atomic E-state index is -0.232. The van der Waals surface area contributed by atoms with Gasteiger partial charge in [0.15, 0.2) is 0 Å². The van der Waals surface area contributed by atoms with Crippen molar-refractivity contribution in [1.29, 1.82) is 0 Å². The van der Waals surface area contributed by atoms with Crippen LogP contribution in [0.3, 0.4) is 0 Å². The molecule has 3 heteroatoms. The maximum atomic E-state index is 12.8. The van der Waals surface area contributed by atoms with E-state index in [-0.39, 0.29) is 17.7 Å². The highest BCUT2D eigenvalue weighted by Crippen LogP contribution is 2.13. The molecule has 0 bridgehead atoms. The summed E-state index contributed by atoms with van der Waals surface area (Å²) in [6.07, 6.45) is 0. The molecule has 0 saturated heterocycles. The van der Waals surface area contributed by atoms with Gasteiger partial charge in [0.25, 0.3) is 0 Å². The van der Waals surface area contributed by atoms with Gasteiger partial charge in [-0.1, -0.05) is 24.3 Å². The maximum absolute atomic E-state index is 12.8. The van der Waals surface area contributed by atoms with Gasteiger partial charge in [0.1, 0.15) is 11.6 Å². The second kappa shape index (κ2) is 5.74. The lowest BCUT2D eigenvalue weighted by Crippen LogP contribution is -2.18. The Kier molecular flexibility index (Phi) is 4.05. The largest absolute Gasteiger partial charge is 0.306 e. The first kappa shape index (κ1) is 12.7. The van der Waals surface area contributed by atoms with Gasteiger partial charge in [-0.25, -0.2) is 8.78 Å². The van der Waals surface area contributed by atoms with Crippen LogP contribution in [-0.4, -0.2) is 0 Å². The Morgan fingerprint density at radius 3 is 1.94 bits per heavy atom. The molecule has 0 fully saturated rings. The van der Waals surface area contributed by atoms with Crippen molar-refractivity contribution in [3.8, 4) is 0 Å². The molecule has 1 atom stereocenters. The molecule has 1 unspecified atom stereocenters. The highest BCUT2D eigenvalue weighted by molar-refractivity contribution is 5.20. The molecule has 0 heterocycles. The minimum Gasteiger partial charge on any atom is -0.306 e. The molecule has 0 aliphatic rings. The van der Waals surface area contributed by atoms with Crippen molar-refractivity contribution >= 4 is 0 Å². The Balaban J connectivity index is 1.93. The van der Waals surface area contributed by atoms with E-state index in [4.69, 9.17) is 0 Å². The predicted molar refractivity (Wildman–Crippen MR) is 68.1 cm³/mol. The summed E-state index contributed by atoms with van der Waals surface area (Å²) in [4.78, 5) is 0. The summed E-state index contributed by atoms with van der Waals surface area (Å²) in [5, 5.41) is 3.31. The van der Waals surface area contributed by atoms with Crippen molar-refractivity contribution < 1.29 is 8.78 Å². The van der Waals surface area contributed by atoms with Gasteiger partial charge in [0, 0.05) is 12.6 Å². The zero-order chi connectivity index (χ0) is 13.0. The third-order valence-electron chi connectivity index (χ3n) is 2.90. The molecule has 0 aliphatic heterocycles. The smallest absolute Gasteiger partial charge is 0.123 e. The standard InChI is InChI=1S/C15H15F2N/c1-11(13-4-8-15(17)9-5-13)18-10-12-2-6-14(16)7-3-12/h2-9,11,18H,10H2,1H3. The van der Waals surface area contributed by atoms with Gasteiger partial charge in [0.05, 0.1) is 0 Å². The molecule has 2 rings (SSSR count). The van der Waals surface area contributed by atoms with Gasteiger partial charge in [-0.3, -0.25) is 0 Å². The normalized spacial score (nSPS) is 12.4. The third-order valence-corrected chi connectivity index (χ3v) is 2.90. The SMILES string of the molecule is CC(NCc1ccc(F)cc1)c1ccc(F)cc1. The van der Waals surface area contributed by atoms with E-state index in [0.29, 0.717) is 6.54 Å². The van der Waals surface area contributed by atoms with Gasteiger partial charge in [-0.2, -0.15) is 0 Å². The zero-order valence-electron chi connectivity index (χ0n) is 10.2. The molecular formula is C15H15F2N. The molecule has 2 aromatic rings. The molecule has 94 valence electrons. The summed E-state index contributed by atoms with van der Waals surface area (Å²) in [6, 6.07) is 12.9. The summed E-state index contributed by atoms with van der Waals surface area (Å²) in [6.45, 7) is 2.66. The van der Waals surface area contributed by atoms with Crippen molar-refractivity contribution in [2.75, 3.05) is 0 Å². The molecule has 1 nitrogen and oxygen atoms in total. The van der Waals surface area contributed by atoms with Gasteiger partial charge in [-0.15, -0.1) is 0 Å². The van der Waals surface area contributed by atoms with E-state index in [1.807, 2.05) is 6.92 Å². The summed E-state index contributed by atoms with van der Waals surface area (Å²) >= 11 is 0. The number of benzene rings is 2. The van der Waals surface area contributed by atoms with Crippen molar-refractivity contribution in [1.82, 2.24) is 5.32 Å². The number of rotatable bonds is 4. The zero-order valence-corrected chi connectivity index (χ0v) is 10.2. The number of hydrogen-bond donors (Lipinski definition) is 1. The lowest BCUT2D eigenvalue weighted by Gasteiger charge is -2.14. The molecule has 2 aromatic carbocycles. The van der Waals surface area contributed by atoms with Crippen LogP contribution >= 0.6 is 0 Å². The molecule has 0 radical (unpaired) electrons. The number of halogens is 2. The van der Waals surface area contributed by atoms with E-state index in [1.54, 1.807) is 24.3 Å². The molecule has 1 N–H and O–H groups in total. The topological polar surface area (TPSA) is 12.0 Å². The second-order valence-corrected chi connectivity index (χ2v) is 4.28. The van der Waals surface area contributed by atoms with Crippen LogP contribution in [0.5, 0.6) is 0 Å². The van der Waals surface area contributed by atoms with E-state index < -0.39 is 0 Å². The summed E-state index contributed by atoms with van der Waals surface area (Å²) < 4.78 is 25.5.